The summed E-state index contributed by atoms with van der Waals surface area (Å²) < 4.78 is 4.99. The number of hydrogen-bond donors (Lipinski definition) is 2. The van der Waals surface area contributed by atoms with Gasteiger partial charge in [-0.05, 0) is 6.42 Å². The fraction of sp³-hybridized carbons (Fsp3) is 0.900. The maximum Gasteiger partial charge on any atom is 0.319 e. The van der Waals surface area contributed by atoms with E-state index in [1.54, 1.807) is 0 Å². The molecule has 0 aliphatic carbocycles. The van der Waals surface area contributed by atoms with E-state index in [-0.39, 0.29) is 12.5 Å². The van der Waals surface area contributed by atoms with E-state index < -0.39 is 0 Å². The number of ether oxygens (including phenoxy) is 1. The lowest BCUT2D eigenvalue weighted by Crippen LogP contribution is -2.29. The van der Waals surface area contributed by atoms with Crippen LogP contribution in [0, 0.1) is 0 Å². The number of unbranched alkanes of at least 4 members (excludes halogenated alkanes) is 3. The second-order valence-electron chi connectivity index (χ2n) is 3.25. The Kier molecular flexibility index (Phi) is 10.0. The second kappa shape index (κ2) is 10.5. The Labute approximate surface area is 86.2 Å². The molecule has 0 aliphatic heterocycles. The number of carbonyl (C=O) groups is 1. The minimum absolute atomic E-state index is 0.185. The van der Waals surface area contributed by atoms with Crippen molar-refractivity contribution in [1.82, 2.24) is 5.32 Å². The van der Waals surface area contributed by atoms with Gasteiger partial charge in [0, 0.05) is 13.1 Å². The average Bonchev–Trinajstić information content (AvgIpc) is 2.18. The third kappa shape index (κ3) is 9.48. The summed E-state index contributed by atoms with van der Waals surface area (Å²) in [5.74, 6) is -0.185. The number of nitrogens with two attached hydrogens (primary N) is 1. The van der Waals surface area contributed by atoms with Crippen molar-refractivity contribution in [3.8, 4) is 0 Å². The molecule has 0 bridgehead atoms. The zero-order valence-corrected chi connectivity index (χ0v) is 9.05. The van der Waals surface area contributed by atoms with Crippen LogP contribution < -0.4 is 11.1 Å². The number of rotatable bonds is 9. The lowest BCUT2D eigenvalue weighted by Gasteiger charge is -2.04. The van der Waals surface area contributed by atoms with Gasteiger partial charge in [-0.1, -0.05) is 26.2 Å². The molecule has 0 atom stereocenters. The van der Waals surface area contributed by atoms with Crippen LogP contribution in [0.3, 0.4) is 0 Å². The molecule has 3 N–H and O–H groups in total. The van der Waals surface area contributed by atoms with Gasteiger partial charge in [0.1, 0.15) is 0 Å². The van der Waals surface area contributed by atoms with Gasteiger partial charge in [-0.25, -0.2) is 0 Å². The molecule has 0 amide bonds. The van der Waals surface area contributed by atoms with Crippen LogP contribution in [-0.4, -0.2) is 32.2 Å². The highest BCUT2D eigenvalue weighted by Crippen LogP contribution is 1.98. The summed E-state index contributed by atoms with van der Waals surface area (Å²) in [5.41, 5.74) is 5.26. The van der Waals surface area contributed by atoms with Crippen LogP contribution in [0.2, 0.25) is 0 Å². The highest BCUT2D eigenvalue weighted by atomic mass is 16.5. The van der Waals surface area contributed by atoms with Crippen LogP contribution in [-0.2, 0) is 9.53 Å². The van der Waals surface area contributed by atoms with E-state index in [2.05, 4.69) is 12.2 Å². The van der Waals surface area contributed by atoms with E-state index in [9.17, 15) is 4.79 Å². The molecule has 0 radical (unpaired) electrons. The third-order valence-electron chi connectivity index (χ3n) is 1.85. The molecule has 0 rings (SSSR count). The molecule has 0 fully saturated rings. The fourth-order valence-electron chi connectivity index (χ4n) is 1.06. The number of nitrogens with one attached hydrogen (secondary N) is 1. The first-order valence-electron chi connectivity index (χ1n) is 5.37. The highest BCUT2D eigenvalue weighted by molar-refractivity contribution is 5.71. The van der Waals surface area contributed by atoms with Crippen molar-refractivity contribution in [2.24, 2.45) is 5.73 Å². The molecule has 0 spiro atoms. The molecule has 14 heavy (non-hydrogen) atoms. The first kappa shape index (κ1) is 13.4. The van der Waals surface area contributed by atoms with Gasteiger partial charge < -0.3 is 15.8 Å². The SMILES string of the molecule is CCCCCCOC(=O)CNCCN. The van der Waals surface area contributed by atoms with Crippen molar-refractivity contribution in [1.29, 1.82) is 0 Å². The van der Waals surface area contributed by atoms with Gasteiger partial charge in [0.25, 0.3) is 0 Å². The summed E-state index contributed by atoms with van der Waals surface area (Å²) >= 11 is 0. The summed E-state index contributed by atoms with van der Waals surface area (Å²) in [6, 6.07) is 0. The summed E-state index contributed by atoms with van der Waals surface area (Å²) in [4.78, 5) is 11.0. The average molecular weight is 202 g/mol. The van der Waals surface area contributed by atoms with Crippen LogP contribution in [0.15, 0.2) is 0 Å². The summed E-state index contributed by atoms with van der Waals surface area (Å²) in [6.45, 7) is 4.17. The molecule has 0 aromatic heterocycles. The Morgan fingerprint density at radius 1 is 1.36 bits per heavy atom. The van der Waals surface area contributed by atoms with Crippen molar-refractivity contribution in [2.45, 2.75) is 32.6 Å². The van der Waals surface area contributed by atoms with E-state index >= 15 is 0 Å². The quantitative estimate of drug-likeness (QED) is 0.426. The number of hydrogen-bond acceptors (Lipinski definition) is 4. The topological polar surface area (TPSA) is 64.3 Å². The standard InChI is InChI=1S/C10H22N2O2/c1-2-3-4-5-8-14-10(13)9-12-7-6-11/h12H,2-9,11H2,1H3. The van der Waals surface area contributed by atoms with Crippen molar-refractivity contribution >= 4 is 5.97 Å². The summed E-state index contributed by atoms with van der Waals surface area (Å²) in [6.07, 6.45) is 4.52. The molecule has 0 saturated heterocycles. The maximum atomic E-state index is 11.0. The molecule has 84 valence electrons. The van der Waals surface area contributed by atoms with Gasteiger partial charge in [-0.3, -0.25) is 4.79 Å². The molecule has 4 heteroatoms. The molecule has 0 aromatic rings. The van der Waals surface area contributed by atoms with Gasteiger partial charge in [-0.15, -0.1) is 0 Å². The predicted octanol–water partition coefficient (Wildman–Crippen LogP) is 0.658. The zero-order chi connectivity index (χ0) is 10.6. The maximum absolute atomic E-state index is 11.0. The second-order valence-corrected chi connectivity index (χ2v) is 3.25. The lowest BCUT2D eigenvalue weighted by molar-refractivity contribution is -0.142. The minimum Gasteiger partial charge on any atom is -0.465 e. The fourth-order valence-corrected chi connectivity index (χ4v) is 1.06. The molecule has 0 saturated carbocycles. The van der Waals surface area contributed by atoms with Gasteiger partial charge in [0.2, 0.25) is 0 Å². The van der Waals surface area contributed by atoms with Gasteiger partial charge >= 0.3 is 5.97 Å². The van der Waals surface area contributed by atoms with Crippen LogP contribution in [0.25, 0.3) is 0 Å². The molecule has 0 unspecified atom stereocenters. The largest absolute Gasteiger partial charge is 0.465 e. The van der Waals surface area contributed by atoms with E-state index in [1.807, 2.05) is 0 Å². The number of carbonyl (C=O) groups excluding carboxylic acids is 1. The van der Waals surface area contributed by atoms with Crippen LogP contribution >= 0.6 is 0 Å². The zero-order valence-electron chi connectivity index (χ0n) is 9.05. The van der Waals surface area contributed by atoms with E-state index in [0.29, 0.717) is 19.7 Å². The Bertz CT molecular complexity index is 140. The van der Waals surface area contributed by atoms with Gasteiger partial charge in [0.05, 0.1) is 13.2 Å². The van der Waals surface area contributed by atoms with Crippen LogP contribution in [0.1, 0.15) is 32.6 Å². The normalized spacial score (nSPS) is 10.1. The Morgan fingerprint density at radius 3 is 2.79 bits per heavy atom. The summed E-state index contributed by atoms with van der Waals surface area (Å²) in [7, 11) is 0. The van der Waals surface area contributed by atoms with Crippen molar-refractivity contribution < 1.29 is 9.53 Å². The molecule has 0 aromatic carbocycles. The molecular weight excluding hydrogens is 180 g/mol. The Hall–Kier alpha value is -0.610. The third-order valence-corrected chi connectivity index (χ3v) is 1.85. The highest BCUT2D eigenvalue weighted by Gasteiger charge is 2.00. The van der Waals surface area contributed by atoms with Crippen molar-refractivity contribution in [3.63, 3.8) is 0 Å². The minimum atomic E-state index is -0.185. The Morgan fingerprint density at radius 2 is 2.14 bits per heavy atom. The predicted molar refractivity (Wildman–Crippen MR) is 57.0 cm³/mol. The van der Waals surface area contributed by atoms with Crippen molar-refractivity contribution in [2.75, 3.05) is 26.2 Å². The first-order chi connectivity index (χ1) is 6.81. The van der Waals surface area contributed by atoms with Crippen LogP contribution in [0.5, 0.6) is 0 Å². The van der Waals surface area contributed by atoms with E-state index in [4.69, 9.17) is 10.5 Å². The molecule has 0 aliphatic rings. The molecular formula is C10H22N2O2. The summed E-state index contributed by atoms with van der Waals surface area (Å²) in [5, 5.41) is 2.89. The number of esters is 1. The van der Waals surface area contributed by atoms with Gasteiger partial charge in [0.15, 0.2) is 0 Å². The van der Waals surface area contributed by atoms with E-state index in [1.165, 1.54) is 12.8 Å². The lowest BCUT2D eigenvalue weighted by atomic mass is 10.2. The monoisotopic (exact) mass is 202 g/mol. The van der Waals surface area contributed by atoms with E-state index in [0.717, 1.165) is 12.8 Å². The van der Waals surface area contributed by atoms with Crippen molar-refractivity contribution in [3.05, 3.63) is 0 Å². The van der Waals surface area contributed by atoms with Crippen LogP contribution in [0.4, 0.5) is 0 Å². The Balaban J connectivity index is 3.10. The molecule has 4 nitrogen and oxygen atoms in total. The van der Waals surface area contributed by atoms with Gasteiger partial charge in [-0.2, -0.15) is 0 Å². The first-order valence-corrected chi connectivity index (χ1v) is 5.37. The molecule has 0 heterocycles. The smallest absolute Gasteiger partial charge is 0.319 e.